The zero-order chi connectivity index (χ0) is 15.7. The molecule has 0 atom stereocenters. The van der Waals surface area contributed by atoms with E-state index in [0.29, 0.717) is 5.56 Å². The van der Waals surface area contributed by atoms with Gasteiger partial charge in [0.05, 0.1) is 18.8 Å². The van der Waals surface area contributed by atoms with E-state index in [0.717, 1.165) is 6.07 Å². The fourth-order valence-electron chi connectivity index (χ4n) is 1.72. The number of aliphatic hydroxyl groups excluding tert-OH is 2. The van der Waals surface area contributed by atoms with Crippen LogP contribution in [0.1, 0.15) is 15.9 Å². The third-order valence-electron chi connectivity index (χ3n) is 2.73. The van der Waals surface area contributed by atoms with E-state index in [-0.39, 0.29) is 38.5 Å². The highest BCUT2D eigenvalue weighted by atomic mass is 19.1. The van der Waals surface area contributed by atoms with Crippen LogP contribution in [0.2, 0.25) is 0 Å². The molecule has 1 aromatic rings. The van der Waals surface area contributed by atoms with Crippen LogP contribution >= 0.6 is 0 Å². The Labute approximate surface area is 123 Å². The van der Waals surface area contributed by atoms with Crippen molar-refractivity contribution in [2.45, 2.75) is 0 Å². The van der Waals surface area contributed by atoms with Gasteiger partial charge in [0, 0.05) is 25.8 Å². The Morgan fingerprint density at radius 3 is 2.76 bits per heavy atom. The van der Waals surface area contributed by atoms with Gasteiger partial charge in [-0.05, 0) is 18.2 Å². The zero-order valence-corrected chi connectivity index (χ0v) is 11.8. The number of ether oxygens (including phenoxy) is 1. The molecule has 114 valence electrons. The molecule has 0 radical (unpaired) electrons. The van der Waals surface area contributed by atoms with E-state index < -0.39 is 11.7 Å². The fraction of sp³-hybridized carbons (Fsp3) is 0.400. The van der Waals surface area contributed by atoms with E-state index in [2.05, 4.69) is 11.8 Å². The van der Waals surface area contributed by atoms with Crippen LogP contribution in [0.4, 0.5) is 4.39 Å². The van der Waals surface area contributed by atoms with Gasteiger partial charge >= 0.3 is 0 Å². The molecule has 1 amide bonds. The minimum Gasteiger partial charge on any atom is -0.395 e. The maximum absolute atomic E-state index is 13.8. The van der Waals surface area contributed by atoms with Gasteiger partial charge in [-0.25, -0.2) is 4.39 Å². The van der Waals surface area contributed by atoms with Crippen molar-refractivity contribution in [1.82, 2.24) is 4.90 Å². The van der Waals surface area contributed by atoms with E-state index in [1.807, 2.05) is 0 Å². The molecular weight excluding hydrogens is 277 g/mol. The van der Waals surface area contributed by atoms with E-state index in [9.17, 15) is 9.18 Å². The minimum absolute atomic E-state index is 0.0914. The highest BCUT2D eigenvalue weighted by Crippen LogP contribution is 2.13. The van der Waals surface area contributed by atoms with Gasteiger partial charge in [-0.3, -0.25) is 4.79 Å². The second kappa shape index (κ2) is 9.08. The summed E-state index contributed by atoms with van der Waals surface area (Å²) in [6.45, 7) is 0.0969. The standard InChI is InChI=1S/C15H18FNO4/c1-21-10-7-17(6-9-19)15(20)13-11-12(3-2-8-18)4-5-14(13)16/h4-5,11,18-19H,6-10H2,1H3. The Hall–Kier alpha value is -1.94. The third kappa shape index (κ3) is 5.16. The largest absolute Gasteiger partial charge is 0.395 e. The van der Waals surface area contributed by atoms with Gasteiger partial charge in [-0.1, -0.05) is 11.8 Å². The zero-order valence-electron chi connectivity index (χ0n) is 11.8. The quantitative estimate of drug-likeness (QED) is 0.738. The molecule has 6 heteroatoms. The van der Waals surface area contributed by atoms with Crippen molar-refractivity contribution in [3.8, 4) is 11.8 Å². The number of hydrogen-bond donors (Lipinski definition) is 2. The number of methoxy groups -OCH3 is 1. The predicted molar refractivity (Wildman–Crippen MR) is 75.2 cm³/mol. The third-order valence-corrected chi connectivity index (χ3v) is 2.73. The van der Waals surface area contributed by atoms with Crippen molar-refractivity contribution in [3.63, 3.8) is 0 Å². The van der Waals surface area contributed by atoms with E-state index >= 15 is 0 Å². The summed E-state index contributed by atoms with van der Waals surface area (Å²) in [5.41, 5.74) is 0.314. The van der Waals surface area contributed by atoms with Crippen molar-refractivity contribution in [2.24, 2.45) is 0 Å². The Morgan fingerprint density at radius 1 is 1.38 bits per heavy atom. The molecule has 0 saturated carbocycles. The van der Waals surface area contributed by atoms with Crippen molar-refractivity contribution in [2.75, 3.05) is 40.0 Å². The summed E-state index contributed by atoms with van der Waals surface area (Å²) < 4.78 is 18.7. The number of aliphatic hydroxyl groups is 2. The monoisotopic (exact) mass is 295 g/mol. The average Bonchev–Trinajstić information content (AvgIpc) is 2.50. The number of halogens is 1. The van der Waals surface area contributed by atoms with Crippen LogP contribution in [0.25, 0.3) is 0 Å². The molecule has 1 aromatic carbocycles. The van der Waals surface area contributed by atoms with Gasteiger partial charge in [-0.2, -0.15) is 0 Å². The van der Waals surface area contributed by atoms with Crippen LogP contribution in [-0.2, 0) is 4.74 Å². The smallest absolute Gasteiger partial charge is 0.257 e. The maximum atomic E-state index is 13.8. The Morgan fingerprint density at radius 2 is 2.14 bits per heavy atom. The second-order valence-corrected chi connectivity index (χ2v) is 4.16. The Bertz CT molecular complexity index is 536. The first kappa shape index (κ1) is 17.1. The van der Waals surface area contributed by atoms with Gasteiger partial charge < -0.3 is 19.8 Å². The van der Waals surface area contributed by atoms with Gasteiger partial charge in [-0.15, -0.1) is 0 Å². The van der Waals surface area contributed by atoms with Crippen molar-refractivity contribution >= 4 is 5.91 Å². The van der Waals surface area contributed by atoms with Crippen molar-refractivity contribution < 1.29 is 24.1 Å². The van der Waals surface area contributed by atoms with Crippen LogP contribution < -0.4 is 0 Å². The summed E-state index contributed by atoms with van der Waals surface area (Å²) in [6, 6.07) is 3.92. The van der Waals surface area contributed by atoms with E-state index in [4.69, 9.17) is 14.9 Å². The number of nitrogens with zero attached hydrogens (tertiary/aromatic N) is 1. The van der Waals surface area contributed by atoms with Gasteiger partial charge in [0.15, 0.2) is 0 Å². The number of carbonyl (C=O) groups is 1. The summed E-state index contributed by atoms with van der Waals surface area (Å²) in [7, 11) is 1.49. The highest BCUT2D eigenvalue weighted by Gasteiger charge is 2.19. The van der Waals surface area contributed by atoms with Crippen LogP contribution in [0, 0.1) is 17.7 Å². The molecule has 1 rings (SSSR count). The molecule has 2 N–H and O–H groups in total. The summed E-state index contributed by atoms with van der Waals surface area (Å²) >= 11 is 0. The first-order chi connectivity index (χ1) is 10.1. The van der Waals surface area contributed by atoms with Crippen molar-refractivity contribution in [3.05, 3.63) is 35.1 Å². The Balaban J connectivity index is 3.02. The molecule has 0 saturated heterocycles. The number of amides is 1. The number of benzene rings is 1. The lowest BCUT2D eigenvalue weighted by Gasteiger charge is -2.21. The second-order valence-electron chi connectivity index (χ2n) is 4.16. The van der Waals surface area contributed by atoms with Crippen LogP contribution in [-0.4, -0.2) is 61.0 Å². The molecule has 0 bridgehead atoms. The summed E-state index contributed by atoms with van der Waals surface area (Å²) in [5.74, 6) is 3.86. The highest BCUT2D eigenvalue weighted by molar-refractivity contribution is 5.94. The van der Waals surface area contributed by atoms with E-state index in [1.54, 1.807) is 0 Å². The summed E-state index contributed by atoms with van der Waals surface area (Å²) in [4.78, 5) is 13.6. The Kier molecular flexibility index (Phi) is 7.40. The topological polar surface area (TPSA) is 70.0 Å². The lowest BCUT2D eigenvalue weighted by atomic mass is 10.1. The van der Waals surface area contributed by atoms with Crippen LogP contribution in [0.15, 0.2) is 18.2 Å². The van der Waals surface area contributed by atoms with Gasteiger partial charge in [0.25, 0.3) is 5.91 Å². The van der Waals surface area contributed by atoms with E-state index in [1.165, 1.54) is 24.1 Å². The van der Waals surface area contributed by atoms with Gasteiger partial charge in [0.2, 0.25) is 0 Å². The van der Waals surface area contributed by atoms with Crippen LogP contribution in [0.3, 0.4) is 0 Å². The molecule has 0 spiro atoms. The first-order valence-electron chi connectivity index (χ1n) is 6.42. The summed E-state index contributed by atoms with van der Waals surface area (Å²) in [5, 5.41) is 17.6. The lowest BCUT2D eigenvalue weighted by Crippen LogP contribution is -2.36. The van der Waals surface area contributed by atoms with Crippen molar-refractivity contribution in [1.29, 1.82) is 0 Å². The lowest BCUT2D eigenvalue weighted by molar-refractivity contribution is 0.0652. The first-order valence-corrected chi connectivity index (χ1v) is 6.42. The molecule has 0 aliphatic carbocycles. The molecule has 0 unspecified atom stereocenters. The normalized spacial score (nSPS) is 9.90. The molecule has 5 nitrogen and oxygen atoms in total. The molecule has 0 aliphatic heterocycles. The summed E-state index contributed by atoms with van der Waals surface area (Å²) in [6.07, 6.45) is 0. The SMILES string of the molecule is COCCN(CCO)C(=O)c1cc(C#CCO)ccc1F. The minimum atomic E-state index is -0.657. The number of rotatable bonds is 6. The molecule has 0 aromatic heterocycles. The molecule has 0 aliphatic rings. The molecule has 0 fully saturated rings. The molecule has 21 heavy (non-hydrogen) atoms. The average molecular weight is 295 g/mol. The number of carbonyl (C=O) groups excluding carboxylic acids is 1. The maximum Gasteiger partial charge on any atom is 0.257 e. The van der Waals surface area contributed by atoms with Crippen LogP contribution in [0.5, 0.6) is 0 Å². The fourth-order valence-corrected chi connectivity index (χ4v) is 1.72. The predicted octanol–water partition coefficient (Wildman–Crippen LogP) is 0.250. The number of hydrogen-bond acceptors (Lipinski definition) is 4. The molecule has 0 heterocycles. The van der Waals surface area contributed by atoms with Gasteiger partial charge in [0.1, 0.15) is 12.4 Å². The molecular formula is C15H18FNO4.